The molecule has 8 heteroatoms. The molecule has 4 rings (SSSR count). The van der Waals surface area contributed by atoms with Crippen LogP contribution in [-0.4, -0.2) is 27.0 Å². The first-order chi connectivity index (χ1) is 14.6. The third-order valence-corrected chi connectivity index (χ3v) is 5.55. The number of benzene rings is 1. The van der Waals surface area contributed by atoms with Crippen LogP contribution in [0.5, 0.6) is 0 Å². The second-order valence-corrected chi connectivity index (χ2v) is 7.96. The Bertz CT molecular complexity index is 989. The molecule has 30 heavy (non-hydrogen) atoms. The van der Waals surface area contributed by atoms with Gasteiger partial charge in [0.2, 0.25) is 5.95 Å². The number of pyridine rings is 1. The highest BCUT2D eigenvalue weighted by Gasteiger charge is 2.19. The van der Waals surface area contributed by atoms with Crippen molar-refractivity contribution in [1.82, 2.24) is 15.0 Å². The highest BCUT2D eigenvalue weighted by Crippen LogP contribution is 2.28. The zero-order valence-corrected chi connectivity index (χ0v) is 17.2. The fourth-order valence-electron chi connectivity index (χ4n) is 3.55. The van der Waals surface area contributed by atoms with Gasteiger partial charge in [-0.2, -0.15) is 0 Å². The smallest absolute Gasteiger partial charge is 0.223 e. The second kappa shape index (κ2) is 9.36. The predicted octanol–water partition coefficient (Wildman–Crippen LogP) is 4.63. The zero-order chi connectivity index (χ0) is 20.9. The molecule has 4 N–H and O–H groups in total. The SMILES string of the molecule is NC1CCC(Nc2ncc(Cl)c(-c3ccnc(NCc4ccc(F)cc4)c3)n2)CC1. The van der Waals surface area contributed by atoms with Crippen molar-refractivity contribution in [2.75, 3.05) is 10.6 Å². The molecule has 0 atom stereocenters. The first-order valence-corrected chi connectivity index (χ1v) is 10.4. The van der Waals surface area contributed by atoms with Crippen LogP contribution in [0.4, 0.5) is 16.2 Å². The first-order valence-electron chi connectivity index (χ1n) is 10.1. The number of nitrogens with two attached hydrogens (primary N) is 1. The van der Waals surface area contributed by atoms with E-state index in [9.17, 15) is 4.39 Å². The summed E-state index contributed by atoms with van der Waals surface area (Å²) in [5.41, 5.74) is 8.44. The zero-order valence-electron chi connectivity index (χ0n) is 16.5. The number of aromatic nitrogens is 3. The molecule has 1 aromatic carbocycles. The molecule has 1 saturated carbocycles. The van der Waals surface area contributed by atoms with Crippen molar-refractivity contribution in [2.24, 2.45) is 5.73 Å². The number of nitrogens with one attached hydrogen (secondary N) is 2. The van der Waals surface area contributed by atoms with Gasteiger partial charge in [-0.05, 0) is 55.5 Å². The third-order valence-electron chi connectivity index (χ3n) is 5.27. The lowest BCUT2D eigenvalue weighted by Gasteiger charge is -2.26. The number of hydrogen-bond acceptors (Lipinski definition) is 6. The molecular formula is C22H24ClFN6. The third kappa shape index (κ3) is 5.23. The summed E-state index contributed by atoms with van der Waals surface area (Å²) in [5.74, 6) is 0.993. The summed E-state index contributed by atoms with van der Waals surface area (Å²) < 4.78 is 13.1. The van der Waals surface area contributed by atoms with E-state index < -0.39 is 0 Å². The van der Waals surface area contributed by atoms with Crippen molar-refractivity contribution in [3.8, 4) is 11.3 Å². The Morgan fingerprint density at radius 3 is 2.60 bits per heavy atom. The molecule has 0 saturated heterocycles. The lowest BCUT2D eigenvalue weighted by atomic mass is 9.92. The van der Waals surface area contributed by atoms with Gasteiger partial charge in [0, 0.05) is 30.4 Å². The summed E-state index contributed by atoms with van der Waals surface area (Å²) in [4.78, 5) is 13.3. The number of hydrogen-bond donors (Lipinski definition) is 3. The highest BCUT2D eigenvalue weighted by molar-refractivity contribution is 6.32. The van der Waals surface area contributed by atoms with Gasteiger partial charge in [-0.15, -0.1) is 0 Å². The van der Waals surface area contributed by atoms with Crippen LogP contribution in [0.3, 0.4) is 0 Å². The van der Waals surface area contributed by atoms with Crippen LogP contribution in [0.15, 0.2) is 48.8 Å². The number of halogens is 2. The highest BCUT2D eigenvalue weighted by atomic mass is 35.5. The van der Waals surface area contributed by atoms with Gasteiger partial charge < -0.3 is 16.4 Å². The molecule has 2 aromatic heterocycles. The van der Waals surface area contributed by atoms with Gasteiger partial charge in [-0.25, -0.2) is 19.3 Å². The van der Waals surface area contributed by atoms with E-state index >= 15 is 0 Å². The summed E-state index contributed by atoms with van der Waals surface area (Å²) in [5, 5.41) is 7.13. The van der Waals surface area contributed by atoms with Crippen LogP contribution in [-0.2, 0) is 6.54 Å². The van der Waals surface area contributed by atoms with Crippen molar-refractivity contribution in [1.29, 1.82) is 0 Å². The summed E-state index contributed by atoms with van der Waals surface area (Å²) >= 11 is 6.39. The molecule has 0 aliphatic heterocycles. The minimum absolute atomic E-state index is 0.252. The molecule has 1 aliphatic carbocycles. The average molecular weight is 427 g/mol. The van der Waals surface area contributed by atoms with Crippen LogP contribution in [0, 0.1) is 5.82 Å². The summed E-state index contributed by atoms with van der Waals surface area (Å²) in [7, 11) is 0. The quantitative estimate of drug-likeness (QED) is 0.532. The van der Waals surface area contributed by atoms with Crippen LogP contribution in [0.25, 0.3) is 11.3 Å². The largest absolute Gasteiger partial charge is 0.366 e. The normalized spacial score (nSPS) is 18.8. The topological polar surface area (TPSA) is 88.8 Å². The van der Waals surface area contributed by atoms with Crippen molar-refractivity contribution in [3.05, 3.63) is 65.2 Å². The Kier molecular flexibility index (Phi) is 6.40. The molecule has 6 nitrogen and oxygen atoms in total. The Balaban J connectivity index is 1.47. The lowest BCUT2D eigenvalue weighted by molar-refractivity contribution is 0.410. The molecule has 2 heterocycles. The van der Waals surface area contributed by atoms with Crippen LogP contribution >= 0.6 is 11.6 Å². The lowest BCUT2D eigenvalue weighted by Crippen LogP contribution is -2.33. The van der Waals surface area contributed by atoms with Crippen molar-refractivity contribution >= 4 is 23.4 Å². The fraction of sp³-hybridized carbons (Fsp3) is 0.318. The molecule has 3 aromatic rings. The molecule has 0 unspecified atom stereocenters. The van der Waals surface area contributed by atoms with Crippen LogP contribution in [0.1, 0.15) is 31.2 Å². The van der Waals surface area contributed by atoms with Gasteiger partial charge in [0.15, 0.2) is 0 Å². The predicted molar refractivity (Wildman–Crippen MR) is 118 cm³/mol. The first kappa shape index (κ1) is 20.5. The van der Waals surface area contributed by atoms with Crippen molar-refractivity contribution < 1.29 is 4.39 Å². The Morgan fingerprint density at radius 1 is 1.07 bits per heavy atom. The van der Waals surface area contributed by atoms with E-state index in [1.165, 1.54) is 12.1 Å². The maximum Gasteiger partial charge on any atom is 0.223 e. The van der Waals surface area contributed by atoms with Gasteiger partial charge in [-0.1, -0.05) is 23.7 Å². The number of anilines is 2. The van der Waals surface area contributed by atoms with E-state index in [4.69, 9.17) is 17.3 Å². The maximum absolute atomic E-state index is 13.1. The van der Waals surface area contributed by atoms with Gasteiger partial charge in [0.05, 0.1) is 16.9 Å². The van der Waals surface area contributed by atoms with Crippen molar-refractivity contribution in [2.45, 2.75) is 44.3 Å². The van der Waals surface area contributed by atoms with E-state index in [1.807, 2.05) is 12.1 Å². The second-order valence-electron chi connectivity index (χ2n) is 7.56. The monoisotopic (exact) mass is 426 g/mol. The Hall–Kier alpha value is -2.77. The molecule has 0 radical (unpaired) electrons. The fourth-order valence-corrected chi connectivity index (χ4v) is 3.75. The molecule has 0 bridgehead atoms. The van der Waals surface area contributed by atoms with Gasteiger partial charge in [-0.3, -0.25) is 0 Å². The summed E-state index contributed by atoms with van der Waals surface area (Å²) in [6.07, 6.45) is 7.35. The Morgan fingerprint density at radius 2 is 1.83 bits per heavy atom. The summed E-state index contributed by atoms with van der Waals surface area (Å²) in [6.45, 7) is 0.533. The van der Waals surface area contributed by atoms with E-state index in [0.717, 1.165) is 36.8 Å². The maximum atomic E-state index is 13.1. The van der Waals surface area contributed by atoms with E-state index in [2.05, 4.69) is 25.6 Å². The van der Waals surface area contributed by atoms with Crippen LogP contribution in [0.2, 0.25) is 5.02 Å². The summed E-state index contributed by atoms with van der Waals surface area (Å²) in [6, 6.07) is 10.7. The van der Waals surface area contributed by atoms with E-state index in [0.29, 0.717) is 41.1 Å². The molecule has 156 valence electrons. The molecule has 0 amide bonds. The Labute approximate surface area is 180 Å². The van der Waals surface area contributed by atoms with Gasteiger partial charge in [0.25, 0.3) is 0 Å². The standard InChI is InChI=1S/C22H24ClFN6/c23-19-13-28-22(29-18-7-5-17(25)6-8-18)30-21(19)15-9-10-26-20(11-15)27-12-14-1-3-16(24)4-2-14/h1-4,9-11,13,17-18H,5-8,12,25H2,(H,26,27)(H,28,29,30). The minimum Gasteiger partial charge on any atom is -0.366 e. The minimum atomic E-state index is -0.252. The molecule has 1 aliphatic rings. The van der Waals surface area contributed by atoms with Crippen LogP contribution < -0.4 is 16.4 Å². The van der Waals surface area contributed by atoms with Gasteiger partial charge in [0.1, 0.15) is 11.6 Å². The van der Waals surface area contributed by atoms with E-state index in [1.54, 1.807) is 24.5 Å². The molecular weight excluding hydrogens is 403 g/mol. The average Bonchev–Trinajstić information content (AvgIpc) is 2.76. The molecule has 0 spiro atoms. The van der Waals surface area contributed by atoms with Gasteiger partial charge >= 0.3 is 0 Å². The molecule has 1 fully saturated rings. The van der Waals surface area contributed by atoms with E-state index in [-0.39, 0.29) is 5.82 Å². The van der Waals surface area contributed by atoms with Crippen molar-refractivity contribution in [3.63, 3.8) is 0 Å². The number of nitrogens with zero attached hydrogens (tertiary/aromatic N) is 3. The number of rotatable bonds is 6.